The van der Waals surface area contributed by atoms with Crippen molar-refractivity contribution < 1.29 is 24.2 Å². The van der Waals surface area contributed by atoms with Gasteiger partial charge in [0, 0.05) is 17.7 Å². The number of non-ortho nitro benzene ring substituents is 1. The van der Waals surface area contributed by atoms with E-state index < -0.39 is 23.8 Å². The molecule has 0 radical (unpaired) electrons. The average molecular weight is 338 g/mol. The van der Waals surface area contributed by atoms with E-state index in [2.05, 4.69) is 5.32 Å². The van der Waals surface area contributed by atoms with Crippen LogP contribution < -0.4 is 10.8 Å². The fourth-order valence-corrected chi connectivity index (χ4v) is 2.03. The molecule has 0 heterocycles. The van der Waals surface area contributed by atoms with Gasteiger partial charge in [-0.2, -0.15) is 0 Å². The number of amides is 1. The number of carbonyl (C=O) groups excluding carboxylic acids is 1. The maximum atomic E-state index is 13.4. The first kappa shape index (κ1) is 16.9. The smallest absolute Gasteiger partial charge is 0.423 e. The fourth-order valence-electron chi connectivity index (χ4n) is 1.81. The highest BCUT2D eigenvalue weighted by Crippen LogP contribution is 2.27. The average Bonchev–Trinajstić information content (AvgIpc) is 2.48. The highest BCUT2D eigenvalue weighted by Gasteiger charge is 2.17. The molecule has 118 valence electrons. The molecule has 7 nitrogen and oxygen atoms in total. The standard InChI is InChI=1S/C13H9BClFN2O5/c15-11-6-10(18(22)23)1-2-12(11)17-13(19)7-3-8(14(20)21)5-9(16)4-7/h1-6,20-21H,(H,17,19). The summed E-state index contributed by atoms with van der Waals surface area (Å²) in [5, 5.41) is 31.0. The zero-order chi connectivity index (χ0) is 17.1. The number of benzene rings is 2. The van der Waals surface area contributed by atoms with Crippen molar-refractivity contribution in [2.24, 2.45) is 0 Å². The van der Waals surface area contributed by atoms with Crippen LogP contribution in [0.25, 0.3) is 0 Å². The van der Waals surface area contributed by atoms with E-state index in [1.165, 1.54) is 6.07 Å². The highest BCUT2D eigenvalue weighted by atomic mass is 35.5. The van der Waals surface area contributed by atoms with Crippen LogP contribution in [0.2, 0.25) is 5.02 Å². The van der Waals surface area contributed by atoms with Crippen LogP contribution in [0, 0.1) is 15.9 Å². The Morgan fingerprint density at radius 1 is 1.26 bits per heavy atom. The summed E-state index contributed by atoms with van der Waals surface area (Å²) in [6.45, 7) is 0. The van der Waals surface area contributed by atoms with Crippen molar-refractivity contribution in [3.8, 4) is 0 Å². The quantitative estimate of drug-likeness (QED) is 0.442. The first-order valence-electron chi connectivity index (χ1n) is 6.20. The lowest BCUT2D eigenvalue weighted by Gasteiger charge is -2.09. The second kappa shape index (κ2) is 6.74. The zero-order valence-corrected chi connectivity index (χ0v) is 12.1. The van der Waals surface area contributed by atoms with E-state index in [1.807, 2.05) is 0 Å². The summed E-state index contributed by atoms with van der Waals surface area (Å²) in [5.74, 6) is -1.59. The number of hydrogen-bond acceptors (Lipinski definition) is 5. The summed E-state index contributed by atoms with van der Waals surface area (Å²) in [6, 6.07) is 6.32. The fraction of sp³-hybridized carbons (Fsp3) is 0. The lowest BCUT2D eigenvalue weighted by Crippen LogP contribution is -2.31. The molecule has 0 aliphatic heterocycles. The molecule has 0 saturated heterocycles. The Kier molecular flexibility index (Phi) is 4.94. The van der Waals surface area contributed by atoms with Crippen molar-refractivity contribution in [3.63, 3.8) is 0 Å². The molecule has 0 aliphatic carbocycles. The van der Waals surface area contributed by atoms with Crippen molar-refractivity contribution >= 4 is 41.5 Å². The molecule has 0 atom stereocenters. The Hall–Kier alpha value is -2.49. The van der Waals surface area contributed by atoms with Crippen molar-refractivity contribution in [3.05, 3.63) is 62.9 Å². The van der Waals surface area contributed by atoms with Crippen LogP contribution in [-0.2, 0) is 0 Å². The normalized spacial score (nSPS) is 10.3. The molecule has 10 heteroatoms. The topological polar surface area (TPSA) is 113 Å². The van der Waals surface area contributed by atoms with Gasteiger partial charge in [0.1, 0.15) is 5.82 Å². The van der Waals surface area contributed by atoms with E-state index in [9.17, 15) is 19.3 Å². The van der Waals surface area contributed by atoms with Gasteiger partial charge < -0.3 is 15.4 Å². The molecule has 3 N–H and O–H groups in total. The summed E-state index contributed by atoms with van der Waals surface area (Å²) in [6.07, 6.45) is 0. The lowest BCUT2D eigenvalue weighted by atomic mass is 9.79. The predicted molar refractivity (Wildman–Crippen MR) is 82.3 cm³/mol. The molecule has 2 aromatic rings. The first-order chi connectivity index (χ1) is 10.8. The number of halogens is 2. The first-order valence-corrected chi connectivity index (χ1v) is 6.57. The number of carbonyl (C=O) groups is 1. The van der Waals surface area contributed by atoms with E-state index in [0.717, 1.165) is 30.3 Å². The molecule has 0 aliphatic rings. The Morgan fingerprint density at radius 2 is 1.96 bits per heavy atom. The van der Waals surface area contributed by atoms with Crippen molar-refractivity contribution in [2.45, 2.75) is 0 Å². The van der Waals surface area contributed by atoms with E-state index in [4.69, 9.17) is 21.6 Å². The molecule has 0 bridgehead atoms. The molecule has 0 fully saturated rings. The molecular formula is C13H9BClFN2O5. The minimum absolute atomic E-state index is 0.0635. The number of nitro groups is 1. The minimum Gasteiger partial charge on any atom is -0.423 e. The molecule has 0 aromatic heterocycles. The van der Waals surface area contributed by atoms with Gasteiger partial charge in [0.2, 0.25) is 0 Å². The van der Waals surface area contributed by atoms with E-state index >= 15 is 0 Å². The molecule has 2 aromatic carbocycles. The maximum absolute atomic E-state index is 13.4. The van der Waals surface area contributed by atoms with E-state index in [-0.39, 0.29) is 27.4 Å². The number of nitro benzene ring substituents is 1. The van der Waals surface area contributed by atoms with E-state index in [1.54, 1.807) is 0 Å². The molecule has 0 spiro atoms. The van der Waals surface area contributed by atoms with Gasteiger partial charge in [0.05, 0.1) is 15.6 Å². The summed E-state index contributed by atoms with van der Waals surface area (Å²) in [5.41, 5.74) is -0.505. The zero-order valence-electron chi connectivity index (χ0n) is 11.4. The van der Waals surface area contributed by atoms with Gasteiger partial charge in [-0.3, -0.25) is 14.9 Å². The Morgan fingerprint density at radius 3 is 2.52 bits per heavy atom. The number of rotatable bonds is 4. The molecule has 0 unspecified atom stereocenters. The third-order valence-corrected chi connectivity index (χ3v) is 3.20. The van der Waals surface area contributed by atoms with E-state index in [0.29, 0.717) is 0 Å². The van der Waals surface area contributed by atoms with Gasteiger partial charge in [-0.15, -0.1) is 0 Å². The lowest BCUT2D eigenvalue weighted by molar-refractivity contribution is -0.384. The van der Waals surface area contributed by atoms with Crippen LogP contribution in [0.1, 0.15) is 10.4 Å². The van der Waals surface area contributed by atoms with Crippen molar-refractivity contribution in [1.82, 2.24) is 0 Å². The molecule has 2 rings (SSSR count). The third-order valence-electron chi connectivity index (χ3n) is 2.89. The number of nitrogens with zero attached hydrogens (tertiary/aromatic N) is 1. The summed E-state index contributed by atoms with van der Waals surface area (Å²) >= 11 is 5.84. The van der Waals surface area contributed by atoms with Gasteiger partial charge in [-0.05, 0) is 29.7 Å². The number of hydrogen-bond donors (Lipinski definition) is 3. The van der Waals surface area contributed by atoms with Crippen LogP contribution in [-0.4, -0.2) is 28.0 Å². The summed E-state index contributed by atoms with van der Waals surface area (Å²) in [7, 11) is -1.93. The number of anilines is 1. The monoisotopic (exact) mass is 338 g/mol. The molecular weight excluding hydrogens is 329 g/mol. The largest absolute Gasteiger partial charge is 0.488 e. The highest BCUT2D eigenvalue weighted by molar-refractivity contribution is 6.58. The molecule has 1 amide bonds. The summed E-state index contributed by atoms with van der Waals surface area (Å²) in [4.78, 5) is 22.1. The SMILES string of the molecule is O=C(Nc1ccc([N+](=O)[O-])cc1Cl)c1cc(F)cc(B(O)O)c1. The summed E-state index contributed by atoms with van der Waals surface area (Å²) < 4.78 is 13.4. The van der Waals surface area contributed by atoms with Gasteiger partial charge in [-0.1, -0.05) is 11.6 Å². The second-order valence-electron chi connectivity index (χ2n) is 4.52. The van der Waals surface area contributed by atoms with Crippen LogP contribution in [0.4, 0.5) is 15.8 Å². The second-order valence-corrected chi connectivity index (χ2v) is 4.93. The minimum atomic E-state index is -1.93. The van der Waals surface area contributed by atoms with Crippen molar-refractivity contribution in [1.29, 1.82) is 0 Å². The third kappa shape index (κ3) is 4.04. The van der Waals surface area contributed by atoms with Gasteiger partial charge in [-0.25, -0.2) is 4.39 Å². The van der Waals surface area contributed by atoms with Gasteiger partial charge in [0.15, 0.2) is 0 Å². The number of nitrogens with one attached hydrogen (secondary N) is 1. The Balaban J connectivity index is 2.27. The van der Waals surface area contributed by atoms with Crippen LogP contribution in [0.5, 0.6) is 0 Å². The Labute approximate surface area is 134 Å². The van der Waals surface area contributed by atoms with Crippen LogP contribution >= 0.6 is 11.6 Å². The molecule has 23 heavy (non-hydrogen) atoms. The van der Waals surface area contributed by atoms with Gasteiger partial charge in [0.25, 0.3) is 11.6 Å². The Bertz CT molecular complexity index is 787. The van der Waals surface area contributed by atoms with Gasteiger partial charge >= 0.3 is 7.12 Å². The van der Waals surface area contributed by atoms with Crippen molar-refractivity contribution in [2.75, 3.05) is 5.32 Å². The predicted octanol–water partition coefficient (Wildman–Crippen LogP) is 1.32. The van der Waals surface area contributed by atoms with Crippen LogP contribution in [0.15, 0.2) is 36.4 Å². The maximum Gasteiger partial charge on any atom is 0.488 e. The molecule has 0 saturated carbocycles. The van der Waals surface area contributed by atoms with Crippen LogP contribution in [0.3, 0.4) is 0 Å².